The minimum Gasteiger partial charge on any atom is -0.491 e. The Morgan fingerprint density at radius 1 is 0.750 bits per heavy atom. The highest BCUT2D eigenvalue weighted by Crippen LogP contribution is 2.49. The highest BCUT2D eigenvalue weighted by molar-refractivity contribution is 9.12. The van der Waals surface area contributed by atoms with E-state index in [1.807, 2.05) is 60.7 Å². The van der Waals surface area contributed by atoms with Gasteiger partial charge in [0.1, 0.15) is 24.7 Å². The molecule has 0 bridgehead atoms. The third-order valence-corrected chi connectivity index (χ3v) is 6.97. The molecule has 0 heterocycles. The summed E-state index contributed by atoms with van der Waals surface area (Å²) in [7, 11) is -3.74. The number of phosphoric acid groups is 1. The van der Waals surface area contributed by atoms with Crippen LogP contribution in [0, 0.1) is 0 Å². The topological polar surface area (TPSA) is 63.2 Å². The van der Waals surface area contributed by atoms with Crippen LogP contribution in [0.25, 0.3) is 0 Å². The Kier molecular flexibility index (Phi) is 11.2. The van der Waals surface area contributed by atoms with E-state index in [0.29, 0.717) is 16.8 Å². The van der Waals surface area contributed by atoms with Crippen LogP contribution in [0.4, 0.5) is 0 Å². The molecule has 0 amide bonds. The third-order valence-electron chi connectivity index (χ3n) is 3.27. The molecule has 0 aliphatic rings. The summed E-state index contributed by atoms with van der Waals surface area (Å²) in [5, 5.41) is 0.640. The summed E-state index contributed by atoms with van der Waals surface area (Å²) in [6.45, 7) is 0.733. The van der Waals surface area contributed by atoms with Crippen molar-refractivity contribution in [3.63, 3.8) is 0 Å². The van der Waals surface area contributed by atoms with Crippen LogP contribution in [0.2, 0.25) is 0 Å². The van der Waals surface area contributed by atoms with Crippen LogP contribution in [-0.2, 0) is 18.1 Å². The minimum atomic E-state index is -3.74. The molecule has 2 rings (SSSR count). The van der Waals surface area contributed by atoms with Gasteiger partial charge in [-0.05, 0) is 24.3 Å². The van der Waals surface area contributed by atoms with Crippen LogP contribution >= 0.6 is 39.7 Å². The molecular weight excluding hydrogens is 515 g/mol. The van der Waals surface area contributed by atoms with Gasteiger partial charge in [0.25, 0.3) is 0 Å². The van der Waals surface area contributed by atoms with Gasteiger partial charge in [-0.15, -0.1) is 0 Å². The average Bonchev–Trinajstić information content (AvgIpc) is 2.74. The number of benzene rings is 2. The molecule has 1 unspecified atom stereocenters. The van der Waals surface area contributed by atoms with Crippen molar-refractivity contribution in [3.05, 3.63) is 60.7 Å². The molecule has 154 valence electrons. The highest BCUT2D eigenvalue weighted by atomic mass is 79.9. The SMILES string of the molecule is O=P(OCCOc1ccccc1)(OCCOc1ccccc1)OCC(Br)CBr. The number of ether oxygens (including phenoxy) is 2. The van der Waals surface area contributed by atoms with E-state index in [4.69, 9.17) is 23.0 Å². The van der Waals surface area contributed by atoms with Crippen molar-refractivity contribution in [2.24, 2.45) is 0 Å². The van der Waals surface area contributed by atoms with E-state index in [-0.39, 0.29) is 37.9 Å². The molecule has 0 fully saturated rings. The lowest BCUT2D eigenvalue weighted by Gasteiger charge is -2.19. The summed E-state index contributed by atoms with van der Waals surface area (Å²) in [5.41, 5.74) is 0. The quantitative estimate of drug-likeness (QED) is 0.181. The van der Waals surface area contributed by atoms with Crippen LogP contribution in [0.5, 0.6) is 11.5 Å². The standard InChI is InChI=1S/C19H23Br2O6P/c20-15-17(21)16-27-28(22,25-13-11-23-18-7-3-1-4-8-18)26-14-12-24-19-9-5-2-6-10-19/h1-10,17H,11-16H2. The summed E-state index contributed by atoms with van der Waals surface area (Å²) in [6.07, 6.45) is 0. The fourth-order valence-electron chi connectivity index (χ4n) is 1.98. The van der Waals surface area contributed by atoms with E-state index in [1.54, 1.807) is 0 Å². The Balaban J connectivity index is 1.77. The molecule has 1 atom stereocenters. The molecule has 28 heavy (non-hydrogen) atoms. The molecule has 0 aliphatic heterocycles. The smallest absolute Gasteiger partial charge is 0.475 e. The van der Waals surface area contributed by atoms with Gasteiger partial charge in [-0.2, -0.15) is 0 Å². The number of hydrogen-bond acceptors (Lipinski definition) is 6. The molecule has 0 spiro atoms. The second kappa shape index (κ2) is 13.4. The van der Waals surface area contributed by atoms with Crippen molar-refractivity contribution in [2.45, 2.75) is 4.83 Å². The van der Waals surface area contributed by atoms with E-state index < -0.39 is 7.82 Å². The Morgan fingerprint density at radius 2 is 1.21 bits per heavy atom. The minimum absolute atomic E-state index is 0.0193. The second-order valence-electron chi connectivity index (χ2n) is 5.48. The van der Waals surface area contributed by atoms with Crippen molar-refractivity contribution in [1.29, 1.82) is 0 Å². The number of hydrogen-bond donors (Lipinski definition) is 0. The average molecular weight is 538 g/mol. The van der Waals surface area contributed by atoms with Gasteiger partial charge in [-0.25, -0.2) is 4.57 Å². The van der Waals surface area contributed by atoms with Crippen LogP contribution in [-0.4, -0.2) is 43.2 Å². The first-order chi connectivity index (χ1) is 13.6. The molecule has 2 aromatic rings. The zero-order chi connectivity index (χ0) is 20.1. The van der Waals surface area contributed by atoms with Gasteiger partial charge in [0.2, 0.25) is 0 Å². The lowest BCUT2D eigenvalue weighted by Crippen LogP contribution is -2.15. The first-order valence-electron chi connectivity index (χ1n) is 8.71. The summed E-state index contributed by atoms with van der Waals surface area (Å²) in [6, 6.07) is 18.6. The largest absolute Gasteiger partial charge is 0.491 e. The number of halogens is 2. The predicted octanol–water partition coefficient (Wildman–Crippen LogP) is 5.46. The van der Waals surface area contributed by atoms with Crippen LogP contribution in [0.3, 0.4) is 0 Å². The molecule has 0 aromatic heterocycles. The number of alkyl halides is 2. The van der Waals surface area contributed by atoms with Gasteiger partial charge in [0.15, 0.2) is 0 Å². The normalized spacial score (nSPS) is 12.5. The van der Waals surface area contributed by atoms with Crippen molar-refractivity contribution >= 4 is 39.7 Å². The molecule has 0 radical (unpaired) electrons. The maximum absolute atomic E-state index is 12.8. The fraction of sp³-hybridized carbons (Fsp3) is 0.368. The molecule has 6 nitrogen and oxygen atoms in total. The van der Waals surface area contributed by atoms with E-state index >= 15 is 0 Å². The maximum Gasteiger partial charge on any atom is 0.475 e. The Morgan fingerprint density at radius 3 is 1.64 bits per heavy atom. The van der Waals surface area contributed by atoms with E-state index in [2.05, 4.69) is 31.9 Å². The van der Waals surface area contributed by atoms with E-state index in [0.717, 1.165) is 0 Å². The molecule has 0 saturated carbocycles. The maximum atomic E-state index is 12.8. The molecule has 0 N–H and O–H groups in total. The number of rotatable bonds is 14. The summed E-state index contributed by atoms with van der Waals surface area (Å²) < 4.78 is 40.1. The van der Waals surface area contributed by atoms with Crippen molar-refractivity contribution in [3.8, 4) is 11.5 Å². The lowest BCUT2D eigenvalue weighted by atomic mass is 10.3. The summed E-state index contributed by atoms with van der Waals surface area (Å²) in [5.74, 6) is 1.41. The fourth-order valence-corrected chi connectivity index (χ4v) is 3.68. The monoisotopic (exact) mass is 536 g/mol. The highest BCUT2D eigenvalue weighted by Gasteiger charge is 2.27. The van der Waals surface area contributed by atoms with E-state index in [9.17, 15) is 4.57 Å². The summed E-state index contributed by atoms with van der Waals surface area (Å²) in [4.78, 5) is -0.0193. The molecule has 0 aliphatic carbocycles. The molecule has 2 aromatic carbocycles. The van der Waals surface area contributed by atoms with Crippen molar-refractivity contribution in [2.75, 3.05) is 38.4 Å². The zero-order valence-electron chi connectivity index (χ0n) is 15.2. The Labute approximate surface area is 182 Å². The van der Waals surface area contributed by atoms with Crippen LogP contribution in [0.15, 0.2) is 60.7 Å². The molecular formula is C19H23Br2O6P. The summed E-state index contributed by atoms with van der Waals surface area (Å²) >= 11 is 6.72. The van der Waals surface area contributed by atoms with E-state index in [1.165, 1.54) is 0 Å². The Hall–Kier alpha value is -0.890. The van der Waals surface area contributed by atoms with Gasteiger partial charge in [0, 0.05) is 10.2 Å². The number of para-hydroxylation sites is 2. The zero-order valence-corrected chi connectivity index (χ0v) is 19.3. The number of phosphoric ester groups is 1. The van der Waals surface area contributed by atoms with Crippen molar-refractivity contribution < 1.29 is 27.6 Å². The van der Waals surface area contributed by atoms with Crippen LogP contribution < -0.4 is 9.47 Å². The predicted molar refractivity (Wildman–Crippen MR) is 116 cm³/mol. The van der Waals surface area contributed by atoms with Crippen molar-refractivity contribution in [1.82, 2.24) is 0 Å². The Bertz CT molecular complexity index is 653. The molecule has 0 saturated heterocycles. The van der Waals surface area contributed by atoms with Gasteiger partial charge >= 0.3 is 7.82 Å². The first-order valence-corrected chi connectivity index (χ1v) is 12.2. The molecule has 9 heteroatoms. The van der Waals surface area contributed by atoms with Crippen LogP contribution in [0.1, 0.15) is 0 Å². The lowest BCUT2D eigenvalue weighted by molar-refractivity contribution is 0.0905. The van der Waals surface area contributed by atoms with Gasteiger partial charge in [-0.1, -0.05) is 68.3 Å². The van der Waals surface area contributed by atoms with Gasteiger partial charge in [-0.3, -0.25) is 13.6 Å². The first kappa shape index (κ1) is 23.4. The van der Waals surface area contributed by atoms with Gasteiger partial charge < -0.3 is 9.47 Å². The van der Waals surface area contributed by atoms with Gasteiger partial charge in [0.05, 0.1) is 19.8 Å². The second-order valence-corrected chi connectivity index (χ2v) is 9.10. The third kappa shape index (κ3) is 9.54.